The highest BCUT2D eigenvalue weighted by Gasteiger charge is 2.07. The maximum absolute atomic E-state index is 11.9. The van der Waals surface area contributed by atoms with Crippen molar-refractivity contribution < 1.29 is 9.53 Å². The van der Waals surface area contributed by atoms with Crippen LogP contribution in [0.4, 0.5) is 0 Å². The molecular weight excluding hydrogens is 276 g/mol. The third-order valence-corrected chi connectivity index (χ3v) is 3.33. The molecule has 0 spiro atoms. The van der Waals surface area contributed by atoms with Crippen LogP contribution in [0.2, 0.25) is 0 Å². The maximum Gasteiger partial charge on any atom is 0.286 e. The normalized spacial score (nSPS) is 12.0. The van der Waals surface area contributed by atoms with E-state index in [1.165, 1.54) is 7.11 Å². The zero-order valence-corrected chi connectivity index (χ0v) is 13.1. The Kier molecular flexibility index (Phi) is 5.83. The summed E-state index contributed by atoms with van der Waals surface area (Å²) in [7, 11) is 1.50. The van der Waals surface area contributed by atoms with E-state index in [0.29, 0.717) is 12.3 Å². The summed E-state index contributed by atoms with van der Waals surface area (Å²) in [5.41, 5.74) is 2.08. The molecule has 0 saturated heterocycles. The van der Waals surface area contributed by atoms with Gasteiger partial charge in [0.25, 0.3) is 5.91 Å². The number of fused-ring (bicyclic) bond motifs is 1. The fraction of sp³-hybridized carbons (Fsp3) is 0.278. The van der Waals surface area contributed by atoms with E-state index < -0.39 is 0 Å². The van der Waals surface area contributed by atoms with Crippen molar-refractivity contribution >= 4 is 22.9 Å². The molecule has 1 aromatic carbocycles. The van der Waals surface area contributed by atoms with E-state index in [4.69, 9.17) is 4.74 Å². The molecule has 0 aliphatic heterocycles. The minimum absolute atomic E-state index is 0.183. The lowest BCUT2D eigenvalue weighted by Crippen LogP contribution is -2.26. The molecule has 0 fully saturated rings. The van der Waals surface area contributed by atoms with Crippen LogP contribution < -0.4 is 5.32 Å². The molecule has 0 saturated carbocycles. The van der Waals surface area contributed by atoms with E-state index in [1.807, 2.05) is 30.4 Å². The quantitative estimate of drug-likeness (QED) is 0.355. The molecule has 116 valence electrons. The predicted molar refractivity (Wildman–Crippen MR) is 90.3 cm³/mol. The number of unbranched alkanes of at least 4 members (excludes halogenated alkanes) is 1. The number of H-pyrrole nitrogens is 1. The number of ether oxygens (including phenoxy) is 1. The fourth-order valence-electron chi connectivity index (χ4n) is 2.13. The van der Waals surface area contributed by atoms with Gasteiger partial charge in [-0.05, 0) is 36.1 Å². The second-order valence-corrected chi connectivity index (χ2v) is 5.02. The van der Waals surface area contributed by atoms with Gasteiger partial charge in [-0.2, -0.15) is 0 Å². The monoisotopic (exact) mass is 298 g/mol. The van der Waals surface area contributed by atoms with Gasteiger partial charge in [0.2, 0.25) is 0 Å². The highest BCUT2D eigenvalue weighted by atomic mass is 16.5. The van der Waals surface area contributed by atoms with Crippen molar-refractivity contribution in [3.63, 3.8) is 0 Å². The smallest absolute Gasteiger partial charge is 0.286 e. The molecule has 1 heterocycles. The Morgan fingerprint density at radius 3 is 2.91 bits per heavy atom. The predicted octanol–water partition coefficient (Wildman–Crippen LogP) is 3.63. The second kappa shape index (κ2) is 8.08. The third-order valence-electron chi connectivity index (χ3n) is 3.33. The van der Waals surface area contributed by atoms with E-state index in [-0.39, 0.29) is 5.91 Å². The van der Waals surface area contributed by atoms with E-state index in [2.05, 4.69) is 29.4 Å². The molecule has 2 N–H and O–H groups in total. The molecule has 0 unspecified atom stereocenters. The van der Waals surface area contributed by atoms with Crippen LogP contribution in [0.3, 0.4) is 0 Å². The Bertz CT molecular complexity index is 650. The van der Waals surface area contributed by atoms with Crippen LogP contribution in [-0.2, 0) is 9.53 Å². The summed E-state index contributed by atoms with van der Waals surface area (Å²) in [6.07, 6.45) is 7.41. The number of benzene rings is 1. The summed E-state index contributed by atoms with van der Waals surface area (Å²) < 4.78 is 5.13. The summed E-state index contributed by atoms with van der Waals surface area (Å²) in [5.74, 6) is 0.126. The van der Waals surface area contributed by atoms with Crippen LogP contribution in [0.1, 0.15) is 25.5 Å². The van der Waals surface area contributed by atoms with Crippen LogP contribution in [0, 0.1) is 0 Å². The Morgan fingerprint density at radius 2 is 2.18 bits per heavy atom. The number of allylic oxidation sites excluding steroid dienone is 2. The molecule has 2 rings (SSSR count). The summed E-state index contributed by atoms with van der Waals surface area (Å²) in [6, 6.07) is 10.2. The van der Waals surface area contributed by atoms with Gasteiger partial charge in [0, 0.05) is 17.8 Å². The largest absolute Gasteiger partial charge is 0.491 e. The number of amides is 1. The van der Waals surface area contributed by atoms with Gasteiger partial charge in [0.05, 0.1) is 7.11 Å². The summed E-state index contributed by atoms with van der Waals surface area (Å²) >= 11 is 0. The van der Waals surface area contributed by atoms with Crippen molar-refractivity contribution in [2.45, 2.75) is 19.8 Å². The van der Waals surface area contributed by atoms with Gasteiger partial charge in [-0.1, -0.05) is 37.6 Å². The van der Waals surface area contributed by atoms with E-state index >= 15 is 0 Å². The lowest BCUT2D eigenvalue weighted by atomic mass is 10.2. The number of carbonyl (C=O) groups excluding carboxylic acids is 1. The van der Waals surface area contributed by atoms with Gasteiger partial charge >= 0.3 is 0 Å². The molecule has 1 amide bonds. The SMILES string of the molecule is CCCCNC(=O)/C(=C/C=C/c1cc2ccccc2[nH]1)OC. The lowest BCUT2D eigenvalue weighted by Gasteiger charge is -2.06. The molecule has 1 aromatic heterocycles. The highest BCUT2D eigenvalue weighted by molar-refractivity contribution is 5.91. The minimum atomic E-state index is -0.183. The standard InChI is InChI=1S/C18H22N2O2/c1-3-4-12-19-18(21)17(22-2)11-7-9-15-13-14-8-5-6-10-16(14)20-15/h5-11,13,20H,3-4,12H2,1-2H3,(H,19,21)/b9-7+,17-11-. The lowest BCUT2D eigenvalue weighted by molar-refractivity contribution is -0.120. The Labute approximate surface area is 130 Å². The summed E-state index contributed by atoms with van der Waals surface area (Å²) in [6.45, 7) is 2.75. The van der Waals surface area contributed by atoms with Gasteiger partial charge in [0.1, 0.15) is 0 Å². The number of hydrogen-bond acceptors (Lipinski definition) is 2. The molecule has 0 bridgehead atoms. The second-order valence-electron chi connectivity index (χ2n) is 5.02. The van der Waals surface area contributed by atoms with Crippen molar-refractivity contribution in [2.75, 3.05) is 13.7 Å². The van der Waals surface area contributed by atoms with Crippen molar-refractivity contribution in [3.05, 3.63) is 53.9 Å². The van der Waals surface area contributed by atoms with E-state index in [9.17, 15) is 4.79 Å². The average molecular weight is 298 g/mol. The summed E-state index contributed by atoms with van der Waals surface area (Å²) in [4.78, 5) is 15.2. The third kappa shape index (κ3) is 4.25. The molecule has 2 aromatic rings. The Hall–Kier alpha value is -2.49. The first-order valence-electron chi connectivity index (χ1n) is 7.53. The molecule has 22 heavy (non-hydrogen) atoms. The van der Waals surface area contributed by atoms with Crippen molar-refractivity contribution in [1.82, 2.24) is 10.3 Å². The van der Waals surface area contributed by atoms with Crippen LogP contribution in [0.5, 0.6) is 0 Å². The van der Waals surface area contributed by atoms with Gasteiger partial charge < -0.3 is 15.0 Å². The number of aromatic nitrogens is 1. The molecule has 0 radical (unpaired) electrons. The first-order chi connectivity index (χ1) is 10.7. The van der Waals surface area contributed by atoms with Crippen LogP contribution in [-0.4, -0.2) is 24.5 Å². The van der Waals surface area contributed by atoms with Crippen LogP contribution >= 0.6 is 0 Å². The molecule has 4 nitrogen and oxygen atoms in total. The van der Waals surface area contributed by atoms with Crippen molar-refractivity contribution in [1.29, 1.82) is 0 Å². The molecule has 0 aliphatic carbocycles. The van der Waals surface area contributed by atoms with Gasteiger partial charge in [-0.15, -0.1) is 0 Å². The number of nitrogens with one attached hydrogen (secondary N) is 2. The number of aromatic amines is 1. The van der Waals surface area contributed by atoms with Gasteiger partial charge in [0.15, 0.2) is 5.76 Å². The Morgan fingerprint density at radius 1 is 1.36 bits per heavy atom. The zero-order chi connectivity index (χ0) is 15.8. The highest BCUT2D eigenvalue weighted by Crippen LogP contribution is 2.15. The van der Waals surface area contributed by atoms with E-state index in [0.717, 1.165) is 29.4 Å². The van der Waals surface area contributed by atoms with Crippen molar-refractivity contribution in [3.8, 4) is 0 Å². The fourth-order valence-corrected chi connectivity index (χ4v) is 2.13. The van der Waals surface area contributed by atoms with Crippen molar-refractivity contribution in [2.24, 2.45) is 0 Å². The average Bonchev–Trinajstić information content (AvgIpc) is 2.94. The number of para-hydroxylation sites is 1. The molecular formula is C18H22N2O2. The number of rotatable bonds is 7. The first-order valence-corrected chi connectivity index (χ1v) is 7.53. The van der Waals surface area contributed by atoms with Crippen LogP contribution in [0.15, 0.2) is 48.2 Å². The topological polar surface area (TPSA) is 54.1 Å². The minimum Gasteiger partial charge on any atom is -0.491 e. The summed E-state index contributed by atoms with van der Waals surface area (Å²) in [5, 5.41) is 3.99. The number of methoxy groups -OCH3 is 1. The zero-order valence-electron chi connectivity index (χ0n) is 13.1. The van der Waals surface area contributed by atoms with Gasteiger partial charge in [-0.3, -0.25) is 4.79 Å². The van der Waals surface area contributed by atoms with Gasteiger partial charge in [-0.25, -0.2) is 0 Å². The van der Waals surface area contributed by atoms with E-state index in [1.54, 1.807) is 6.08 Å². The Balaban J connectivity index is 2.02. The maximum atomic E-state index is 11.9. The first kappa shape index (κ1) is 15.9. The van der Waals surface area contributed by atoms with Crippen LogP contribution in [0.25, 0.3) is 17.0 Å². The number of carbonyl (C=O) groups is 1. The molecule has 4 heteroatoms. The molecule has 0 aliphatic rings. The molecule has 0 atom stereocenters. The number of hydrogen-bond donors (Lipinski definition) is 2.